The third-order valence-electron chi connectivity index (χ3n) is 3.86. The Morgan fingerprint density at radius 3 is 2.84 bits per heavy atom. The van der Waals surface area contributed by atoms with Gasteiger partial charge in [0.1, 0.15) is 0 Å². The molecule has 2 atom stereocenters. The van der Waals surface area contributed by atoms with Crippen LogP contribution >= 0.6 is 23.2 Å². The summed E-state index contributed by atoms with van der Waals surface area (Å²) in [6.45, 7) is 7.26. The van der Waals surface area contributed by atoms with Crippen molar-refractivity contribution >= 4 is 23.2 Å². The van der Waals surface area contributed by atoms with Crippen molar-refractivity contribution in [3.05, 3.63) is 33.8 Å². The molecule has 4 heteroatoms. The van der Waals surface area contributed by atoms with E-state index < -0.39 is 0 Å². The number of benzene rings is 1. The lowest BCUT2D eigenvalue weighted by atomic mass is 10.1. The molecule has 0 spiro atoms. The molecule has 1 saturated heterocycles. The zero-order valence-corrected chi connectivity index (χ0v) is 13.0. The van der Waals surface area contributed by atoms with Crippen LogP contribution in [0.5, 0.6) is 0 Å². The molecular weight excluding hydrogens is 281 g/mol. The molecule has 0 radical (unpaired) electrons. The number of likely N-dealkylation sites (N-methyl/N-ethyl adjacent to an activating group) is 1. The molecule has 1 aromatic rings. The zero-order valence-electron chi connectivity index (χ0n) is 11.5. The fraction of sp³-hybridized carbons (Fsp3) is 0.600. The predicted octanol–water partition coefficient (Wildman–Crippen LogP) is 4.38. The third kappa shape index (κ3) is 3.85. The average molecular weight is 302 g/mol. The van der Waals surface area contributed by atoms with E-state index in [1.165, 1.54) is 19.4 Å². The maximum Gasteiger partial charge on any atom is 0.0721 e. The van der Waals surface area contributed by atoms with E-state index in [-0.39, 0.29) is 6.10 Å². The largest absolute Gasteiger partial charge is 0.372 e. The second kappa shape index (κ2) is 6.94. The summed E-state index contributed by atoms with van der Waals surface area (Å²) in [7, 11) is 0. The summed E-state index contributed by atoms with van der Waals surface area (Å²) < 4.78 is 6.00. The van der Waals surface area contributed by atoms with E-state index >= 15 is 0 Å². The van der Waals surface area contributed by atoms with Crippen LogP contribution in [0.25, 0.3) is 0 Å². The van der Waals surface area contributed by atoms with E-state index in [4.69, 9.17) is 27.9 Å². The SMILES string of the molecule is CCN1CCCC1C(C)OCc1ccc(Cl)c(Cl)c1. The van der Waals surface area contributed by atoms with Gasteiger partial charge in [-0.25, -0.2) is 0 Å². The van der Waals surface area contributed by atoms with Crippen molar-refractivity contribution in [2.45, 2.75) is 45.4 Å². The van der Waals surface area contributed by atoms with Crippen molar-refractivity contribution in [2.24, 2.45) is 0 Å². The van der Waals surface area contributed by atoms with Crippen molar-refractivity contribution < 1.29 is 4.74 Å². The summed E-state index contributed by atoms with van der Waals surface area (Å²) >= 11 is 11.9. The van der Waals surface area contributed by atoms with E-state index in [1.54, 1.807) is 0 Å². The van der Waals surface area contributed by atoms with Crippen molar-refractivity contribution in [3.63, 3.8) is 0 Å². The lowest BCUT2D eigenvalue weighted by Gasteiger charge is -2.28. The molecule has 1 fully saturated rings. The Kier molecular flexibility index (Phi) is 5.52. The molecule has 19 heavy (non-hydrogen) atoms. The maximum atomic E-state index is 6.01. The number of ether oxygens (including phenoxy) is 1. The molecule has 1 aliphatic rings. The Balaban J connectivity index is 1.89. The minimum absolute atomic E-state index is 0.247. The van der Waals surface area contributed by atoms with Crippen molar-refractivity contribution in [1.29, 1.82) is 0 Å². The first-order valence-corrected chi connectivity index (χ1v) is 7.67. The molecule has 0 aliphatic carbocycles. The van der Waals surface area contributed by atoms with E-state index in [0.29, 0.717) is 22.7 Å². The van der Waals surface area contributed by atoms with Gasteiger partial charge >= 0.3 is 0 Å². The number of rotatable bonds is 5. The predicted molar refractivity (Wildman–Crippen MR) is 81.0 cm³/mol. The zero-order chi connectivity index (χ0) is 13.8. The molecule has 2 nitrogen and oxygen atoms in total. The van der Waals surface area contributed by atoms with Crippen LogP contribution in [0.4, 0.5) is 0 Å². The Morgan fingerprint density at radius 1 is 1.37 bits per heavy atom. The van der Waals surface area contributed by atoms with Gasteiger partial charge in [0.05, 0.1) is 22.8 Å². The molecule has 0 N–H and O–H groups in total. The van der Waals surface area contributed by atoms with Crippen LogP contribution < -0.4 is 0 Å². The summed E-state index contributed by atoms with van der Waals surface area (Å²) in [5, 5.41) is 1.18. The van der Waals surface area contributed by atoms with E-state index in [0.717, 1.165) is 12.1 Å². The van der Waals surface area contributed by atoms with E-state index in [1.807, 2.05) is 18.2 Å². The molecule has 1 aliphatic heterocycles. The monoisotopic (exact) mass is 301 g/mol. The molecule has 0 bridgehead atoms. The van der Waals surface area contributed by atoms with Gasteiger partial charge in [-0.05, 0) is 50.6 Å². The van der Waals surface area contributed by atoms with Crippen molar-refractivity contribution in [2.75, 3.05) is 13.1 Å². The lowest BCUT2D eigenvalue weighted by molar-refractivity contribution is 0.000970. The summed E-state index contributed by atoms with van der Waals surface area (Å²) in [5.74, 6) is 0. The van der Waals surface area contributed by atoms with Crippen molar-refractivity contribution in [3.8, 4) is 0 Å². The van der Waals surface area contributed by atoms with Gasteiger partial charge in [0.15, 0.2) is 0 Å². The highest BCUT2D eigenvalue weighted by Crippen LogP contribution is 2.25. The fourth-order valence-corrected chi connectivity index (χ4v) is 3.06. The Morgan fingerprint density at radius 2 is 2.16 bits per heavy atom. The number of nitrogens with zero attached hydrogens (tertiary/aromatic N) is 1. The van der Waals surface area contributed by atoms with Gasteiger partial charge in [-0.15, -0.1) is 0 Å². The Hall–Kier alpha value is -0.280. The average Bonchev–Trinajstić information content (AvgIpc) is 2.88. The fourth-order valence-electron chi connectivity index (χ4n) is 2.74. The van der Waals surface area contributed by atoms with Gasteiger partial charge in [-0.3, -0.25) is 4.90 Å². The van der Waals surface area contributed by atoms with Crippen LogP contribution in [0, 0.1) is 0 Å². The standard InChI is InChI=1S/C15H21Cl2NO/c1-3-18-8-4-5-15(18)11(2)19-10-12-6-7-13(16)14(17)9-12/h6-7,9,11,15H,3-5,8,10H2,1-2H3. The first-order chi connectivity index (χ1) is 9.11. The minimum Gasteiger partial charge on any atom is -0.372 e. The van der Waals surface area contributed by atoms with Crippen LogP contribution in [0.3, 0.4) is 0 Å². The van der Waals surface area contributed by atoms with Crippen LogP contribution in [-0.2, 0) is 11.3 Å². The molecule has 1 heterocycles. The topological polar surface area (TPSA) is 12.5 Å². The second-order valence-corrected chi connectivity index (χ2v) is 5.92. The van der Waals surface area contributed by atoms with Gasteiger partial charge in [-0.1, -0.05) is 36.2 Å². The highest BCUT2D eigenvalue weighted by molar-refractivity contribution is 6.42. The maximum absolute atomic E-state index is 6.01. The Labute approximate surface area is 125 Å². The minimum atomic E-state index is 0.247. The second-order valence-electron chi connectivity index (χ2n) is 5.10. The lowest BCUT2D eigenvalue weighted by Crippen LogP contribution is -2.38. The summed E-state index contributed by atoms with van der Waals surface area (Å²) in [6.07, 6.45) is 2.76. The molecular formula is C15H21Cl2NO. The van der Waals surface area contributed by atoms with Crippen LogP contribution in [0.2, 0.25) is 10.0 Å². The van der Waals surface area contributed by atoms with Gasteiger partial charge < -0.3 is 4.74 Å². The van der Waals surface area contributed by atoms with Crippen LogP contribution in [0.15, 0.2) is 18.2 Å². The first kappa shape index (κ1) is 15.1. The highest BCUT2D eigenvalue weighted by atomic mass is 35.5. The smallest absolute Gasteiger partial charge is 0.0721 e. The molecule has 0 amide bonds. The quantitative estimate of drug-likeness (QED) is 0.800. The Bertz CT molecular complexity index is 425. The van der Waals surface area contributed by atoms with E-state index in [2.05, 4.69) is 18.7 Å². The van der Waals surface area contributed by atoms with Gasteiger partial charge in [-0.2, -0.15) is 0 Å². The van der Waals surface area contributed by atoms with Gasteiger partial charge in [0.25, 0.3) is 0 Å². The molecule has 2 unspecified atom stereocenters. The number of halogens is 2. The summed E-state index contributed by atoms with van der Waals surface area (Å²) in [4.78, 5) is 2.50. The summed E-state index contributed by atoms with van der Waals surface area (Å²) in [5.41, 5.74) is 1.07. The summed E-state index contributed by atoms with van der Waals surface area (Å²) in [6, 6.07) is 6.21. The molecule has 0 saturated carbocycles. The molecule has 2 rings (SSSR count). The van der Waals surface area contributed by atoms with Crippen LogP contribution in [-0.4, -0.2) is 30.1 Å². The number of likely N-dealkylation sites (tertiary alicyclic amines) is 1. The van der Waals surface area contributed by atoms with E-state index in [9.17, 15) is 0 Å². The number of hydrogen-bond acceptors (Lipinski definition) is 2. The number of hydrogen-bond donors (Lipinski definition) is 0. The first-order valence-electron chi connectivity index (χ1n) is 6.91. The van der Waals surface area contributed by atoms with Gasteiger partial charge in [0.2, 0.25) is 0 Å². The highest BCUT2D eigenvalue weighted by Gasteiger charge is 2.28. The normalized spacial score (nSPS) is 21.8. The van der Waals surface area contributed by atoms with Crippen LogP contribution in [0.1, 0.15) is 32.3 Å². The van der Waals surface area contributed by atoms with Gasteiger partial charge in [0, 0.05) is 6.04 Å². The molecule has 1 aromatic carbocycles. The molecule has 106 valence electrons. The van der Waals surface area contributed by atoms with Crippen molar-refractivity contribution in [1.82, 2.24) is 4.90 Å². The molecule has 0 aromatic heterocycles. The third-order valence-corrected chi connectivity index (χ3v) is 4.60.